The Morgan fingerprint density at radius 1 is 1.54 bits per heavy atom. The van der Waals surface area contributed by atoms with Crippen LogP contribution in [0.15, 0.2) is 11.4 Å². The summed E-state index contributed by atoms with van der Waals surface area (Å²) in [6, 6.07) is 1.19. The molecule has 128 valence electrons. The number of carbonyl (C=O) groups excluding carboxylic acids is 2. The second-order valence-electron chi connectivity index (χ2n) is 5.54. The largest absolute Gasteiger partial charge is 0.488 e. The van der Waals surface area contributed by atoms with Crippen LogP contribution in [0, 0.1) is 5.92 Å². The molecule has 0 radical (unpaired) electrons. The van der Waals surface area contributed by atoms with Gasteiger partial charge in [0.1, 0.15) is 17.7 Å². The fourth-order valence-electron chi connectivity index (χ4n) is 2.56. The number of alkyl halides is 1. The van der Waals surface area contributed by atoms with E-state index in [1.54, 1.807) is 18.4 Å². The van der Waals surface area contributed by atoms with Gasteiger partial charge < -0.3 is 20.5 Å². The molecule has 0 bridgehead atoms. The van der Waals surface area contributed by atoms with Crippen molar-refractivity contribution in [2.75, 3.05) is 13.7 Å². The minimum atomic E-state index is -1.52. The summed E-state index contributed by atoms with van der Waals surface area (Å²) in [6.07, 6.45) is -1.52. The highest BCUT2D eigenvalue weighted by Gasteiger charge is 2.40. The number of aromatic nitrogens is 1. The number of rotatable bonds is 5. The number of nitrogens with zero attached hydrogens (tertiary/aromatic N) is 1. The number of ether oxygens (including phenoxy) is 2. The molecule has 0 saturated carbocycles. The normalized spacial score (nSPS) is 23.3. The van der Waals surface area contributed by atoms with Crippen LogP contribution in [0.3, 0.4) is 0 Å². The van der Waals surface area contributed by atoms with Gasteiger partial charge in [-0.1, -0.05) is 6.92 Å². The molecule has 1 fully saturated rings. The van der Waals surface area contributed by atoms with E-state index in [1.165, 1.54) is 18.4 Å². The molecule has 0 spiro atoms. The molecule has 1 saturated heterocycles. The van der Waals surface area contributed by atoms with Gasteiger partial charge in [-0.2, -0.15) is 0 Å². The SMILES string of the molecule is COc1nc2c(OC[C@H]3NC(=O)[C@H](F)[C@H]3C)csc2cc1C(N)=O. The molecule has 1 aliphatic rings. The van der Waals surface area contributed by atoms with Gasteiger partial charge in [0.05, 0.1) is 17.9 Å². The molecule has 0 aromatic carbocycles. The quantitative estimate of drug-likeness (QED) is 0.842. The lowest BCUT2D eigenvalue weighted by atomic mass is 10.0. The zero-order chi connectivity index (χ0) is 17.4. The van der Waals surface area contributed by atoms with Crippen molar-refractivity contribution < 1.29 is 23.5 Å². The predicted molar refractivity (Wildman–Crippen MR) is 86.2 cm³/mol. The molecule has 2 aromatic heterocycles. The Kier molecular flexibility index (Phi) is 4.27. The number of amides is 2. The monoisotopic (exact) mass is 353 g/mol. The summed E-state index contributed by atoms with van der Waals surface area (Å²) in [7, 11) is 1.39. The number of carbonyl (C=O) groups is 2. The zero-order valence-corrected chi connectivity index (χ0v) is 13.9. The number of methoxy groups -OCH3 is 1. The number of pyridine rings is 1. The summed E-state index contributed by atoms with van der Waals surface area (Å²) < 4.78 is 25.1. The summed E-state index contributed by atoms with van der Waals surface area (Å²) in [5, 5.41) is 4.30. The highest BCUT2D eigenvalue weighted by atomic mass is 32.1. The van der Waals surface area contributed by atoms with Gasteiger partial charge >= 0.3 is 0 Å². The lowest BCUT2D eigenvalue weighted by Gasteiger charge is -2.15. The molecule has 1 aliphatic heterocycles. The summed E-state index contributed by atoms with van der Waals surface area (Å²) in [4.78, 5) is 27.0. The van der Waals surface area contributed by atoms with E-state index in [0.717, 1.165) is 0 Å². The molecule has 2 aromatic rings. The van der Waals surface area contributed by atoms with Gasteiger partial charge in [-0.15, -0.1) is 11.3 Å². The molecule has 3 heterocycles. The number of hydrogen-bond donors (Lipinski definition) is 2. The van der Waals surface area contributed by atoms with E-state index in [-0.39, 0.29) is 18.1 Å². The second kappa shape index (κ2) is 6.23. The van der Waals surface area contributed by atoms with Gasteiger partial charge in [0.15, 0.2) is 11.9 Å². The van der Waals surface area contributed by atoms with Crippen LogP contribution in [0.4, 0.5) is 4.39 Å². The topological polar surface area (TPSA) is 104 Å². The maximum atomic E-state index is 13.6. The maximum absolute atomic E-state index is 13.6. The van der Waals surface area contributed by atoms with Gasteiger partial charge in [0.2, 0.25) is 5.88 Å². The Hall–Kier alpha value is -2.42. The third kappa shape index (κ3) is 2.75. The van der Waals surface area contributed by atoms with Gasteiger partial charge in [-0.3, -0.25) is 9.59 Å². The molecule has 3 rings (SSSR count). The zero-order valence-electron chi connectivity index (χ0n) is 13.0. The molecule has 3 atom stereocenters. The molecule has 3 N–H and O–H groups in total. The van der Waals surface area contributed by atoms with Crippen LogP contribution in [0.5, 0.6) is 11.6 Å². The van der Waals surface area contributed by atoms with Crippen LogP contribution in [-0.2, 0) is 4.79 Å². The van der Waals surface area contributed by atoms with Crippen molar-refractivity contribution in [1.82, 2.24) is 10.3 Å². The number of primary amides is 1. The van der Waals surface area contributed by atoms with Crippen molar-refractivity contribution in [3.8, 4) is 11.6 Å². The molecular formula is C15H16FN3O4S. The Balaban J connectivity index is 1.83. The first-order valence-corrected chi connectivity index (χ1v) is 8.13. The van der Waals surface area contributed by atoms with Crippen molar-refractivity contribution in [2.24, 2.45) is 11.7 Å². The molecule has 7 nitrogen and oxygen atoms in total. The first-order valence-electron chi connectivity index (χ1n) is 7.25. The average Bonchev–Trinajstić information content (AvgIpc) is 3.07. The van der Waals surface area contributed by atoms with Crippen LogP contribution < -0.4 is 20.5 Å². The van der Waals surface area contributed by atoms with Crippen molar-refractivity contribution in [3.63, 3.8) is 0 Å². The van der Waals surface area contributed by atoms with Crippen LogP contribution in [0.25, 0.3) is 10.2 Å². The lowest BCUT2D eigenvalue weighted by Crippen LogP contribution is -2.34. The Labute approximate surface area is 140 Å². The average molecular weight is 353 g/mol. The fourth-order valence-corrected chi connectivity index (χ4v) is 3.42. The van der Waals surface area contributed by atoms with E-state index in [2.05, 4.69) is 10.3 Å². The van der Waals surface area contributed by atoms with Gasteiger partial charge in [0.25, 0.3) is 11.8 Å². The van der Waals surface area contributed by atoms with E-state index in [0.29, 0.717) is 16.0 Å². The fraction of sp³-hybridized carbons (Fsp3) is 0.400. The molecule has 0 aliphatic carbocycles. The van der Waals surface area contributed by atoms with E-state index < -0.39 is 29.9 Å². The summed E-state index contributed by atoms with van der Waals surface area (Å²) >= 11 is 1.34. The Morgan fingerprint density at radius 3 is 2.88 bits per heavy atom. The molecule has 24 heavy (non-hydrogen) atoms. The van der Waals surface area contributed by atoms with Gasteiger partial charge in [0, 0.05) is 11.3 Å². The van der Waals surface area contributed by atoms with Crippen molar-refractivity contribution in [2.45, 2.75) is 19.1 Å². The summed E-state index contributed by atoms with van der Waals surface area (Å²) in [5.41, 5.74) is 6.02. The van der Waals surface area contributed by atoms with Gasteiger partial charge in [-0.25, -0.2) is 9.37 Å². The van der Waals surface area contributed by atoms with E-state index in [9.17, 15) is 14.0 Å². The standard InChI is InChI=1S/C15H16FN3O4S/c1-6-8(18-14(21)11(6)16)4-23-9-5-24-10-3-7(13(17)20)15(22-2)19-12(9)10/h3,5-6,8,11H,4H2,1-2H3,(H2,17,20)(H,18,21)/t6-,8+,11+/m0/s1. The smallest absolute Gasteiger partial charge is 0.255 e. The Morgan fingerprint density at radius 2 is 2.29 bits per heavy atom. The van der Waals surface area contributed by atoms with Crippen LogP contribution in [0.1, 0.15) is 17.3 Å². The third-order valence-electron chi connectivity index (χ3n) is 4.03. The first-order chi connectivity index (χ1) is 11.4. The number of nitrogens with one attached hydrogen (secondary N) is 1. The van der Waals surface area contributed by atoms with E-state index in [4.69, 9.17) is 15.2 Å². The molecular weight excluding hydrogens is 337 g/mol. The summed E-state index contributed by atoms with van der Waals surface area (Å²) in [6.45, 7) is 1.78. The molecule has 9 heteroatoms. The second-order valence-corrected chi connectivity index (χ2v) is 6.45. The minimum Gasteiger partial charge on any atom is -0.488 e. The van der Waals surface area contributed by atoms with Crippen molar-refractivity contribution >= 4 is 33.4 Å². The lowest BCUT2D eigenvalue weighted by molar-refractivity contribution is -0.123. The maximum Gasteiger partial charge on any atom is 0.255 e. The van der Waals surface area contributed by atoms with Crippen molar-refractivity contribution in [3.05, 3.63) is 17.0 Å². The van der Waals surface area contributed by atoms with Crippen LogP contribution >= 0.6 is 11.3 Å². The van der Waals surface area contributed by atoms with E-state index in [1.807, 2.05) is 0 Å². The number of halogens is 1. The van der Waals surface area contributed by atoms with Gasteiger partial charge in [-0.05, 0) is 6.07 Å². The van der Waals surface area contributed by atoms with Crippen LogP contribution in [0.2, 0.25) is 0 Å². The number of fused-ring (bicyclic) bond motifs is 1. The number of hydrogen-bond acceptors (Lipinski definition) is 6. The highest BCUT2D eigenvalue weighted by Crippen LogP contribution is 2.34. The highest BCUT2D eigenvalue weighted by molar-refractivity contribution is 7.17. The number of thiophene rings is 1. The van der Waals surface area contributed by atoms with Crippen molar-refractivity contribution in [1.29, 1.82) is 0 Å². The number of nitrogens with two attached hydrogens (primary N) is 1. The molecule has 0 unspecified atom stereocenters. The minimum absolute atomic E-state index is 0.115. The first kappa shape index (κ1) is 16.4. The molecule has 2 amide bonds. The summed E-state index contributed by atoms with van der Waals surface area (Å²) in [5.74, 6) is -1.12. The van der Waals surface area contributed by atoms with Crippen LogP contribution in [-0.4, -0.2) is 42.7 Å². The van der Waals surface area contributed by atoms with E-state index >= 15 is 0 Å². The predicted octanol–water partition coefficient (Wildman–Crippen LogP) is 1.26. The Bertz CT molecular complexity index is 809. The third-order valence-corrected chi connectivity index (χ3v) is 4.93.